The lowest BCUT2D eigenvalue weighted by molar-refractivity contribution is 0.485. The minimum absolute atomic E-state index is 0.0653. The van der Waals surface area contributed by atoms with E-state index in [4.69, 9.17) is 27.4 Å². The van der Waals surface area contributed by atoms with Gasteiger partial charge >= 0.3 is 10.1 Å². The van der Waals surface area contributed by atoms with Crippen LogP contribution >= 0.6 is 23.2 Å². The Morgan fingerprint density at radius 3 is 2.47 bits per heavy atom. The van der Waals surface area contributed by atoms with Crippen LogP contribution in [0.4, 0.5) is 0 Å². The van der Waals surface area contributed by atoms with Crippen molar-refractivity contribution in [1.82, 2.24) is 4.98 Å². The van der Waals surface area contributed by atoms with Gasteiger partial charge in [-0.15, -0.1) is 0 Å². The summed E-state index contributed by atoms with van der Waals surface area (Å²) < 4.78 is 28.9. The van der Waals surface area contributed by atoms with E-state index >= 15 is 0 Å². The molecule has 4 nitrogen and oxygen atoms in total. The summed E-state index contributed by atoms with van der Waals surface area (Å²) in [5, 5.41) is 0.749. The molecule has 0 saturated carbocycles. The van der Waals surface area contributed by atoms with E-state index in [1.165, 1.54) is 18.2 Å². The maximum atomic E-state index is 12.0. The molecule has 100 valence electrons. The molecule has 0 aliphatic carbocycles. The first kappa shape index (κ1) is 14.1. The summed E-state index contributed by atoms with van der Waals surface area (Å²) in [6.45, 7) is 1.76. The Bertz CT molecular complexity index is 699. The molecular weight excluding hydrogens is 309 g/mol. The van der Waals surface area contributed by atoms with Crippen molar-refractivity contribution in [2.45, 2.75) is 11.8 Å². The SMILES string of the molecule is Cc1cc(OS(=O)(=O)c2ccc(Cl)nc2)ccc1Cl. The summed E-state index contributed by atoms with van der Waals surface area (Å²) in [7, 11) is -3.92. The average Bonchev–Trinajstić information content (AvgIpc) is 2.34. The van der Waals surface area contributed by atoms with Crippen molar-refractivity contribution in [1.29, 1.82) is 0 Å². The zero-order chi connectivity index (χ0) is 14.0. The zero-order valence-corrected chi connectivity index (χ0v) is 12.1. The van der Waals surface area contributed by atoms with E-state index in [1.54, 1.807) is 19.1 Å². The highest BCUT2D eigenvalue weighted by Gasteiger charge is 2.17. The first-order valence-electron chi connectivity index (χ1n) is 5.21. The third-order valence-electron chi connectivity index (χ3n) is 2.32. The van der Waals surface area contributed by atoms with Gasteiger partial charge in [0.25, 0.3) is 0 Å². The van der Waals surface area contributed by atoms with Gasteiger partial charge in [0.1, 0.15) is 15.8 Å². The molecule has 0 N–H and O–H groups in total. The number of halogens is 2. The summed E-state index contributed by atoms with van der Waals surface area (Å²) >= 11 is 11.5. The Kier molecular flexibility index (Phi) is 3.99. The molecule has 7 heteroatoms. The fourth-order valence-corrected chi connectivity index (χ4v) is 2.45. The Hall–Kier alpha value is -1.30. The van der Waals surface area contributed by atoms with Crippen LogP contribution < -0.4 is 4.18 Å². The predicted molar refractivity (Wildman–Crippen MR) is 73.2 cm³/mol. The summed E-state index contributed by atoms with van der Waals surface area (Å²) in [5.41, 5.74) is 0.726. The van der Waals surface area contributed by atoms with Crippen LogP contribution in [-0.2, 0) is 10.1 Å². The molecular formula is C12H9Cl2NO3S. The quantitative estimate of drug-likeness (QED) is 0.642. The number of pyridine rings is 1. The molecule has 0 radical (unpaired) electrons. The Morgan fingerprint density at radius 2 is 1.89 bits per heavy atom. The van der Waals surface area contributed by atoms with Gasteiger partial charge in [-0.3, -0.25) is 0 Å². The van der Waals surface area contributed by atoms with Gasteiger partial charge in [-0.2, -0.15) is 8.42 Å². The normalized spacial score (nSPS) is 11.3. The average molecular weight is 318 g/mol. The zero-order valence-electron chi connectivity index (χ0n) is 9.80. The Balaban J connectivity index is 2.30. The van der Waals surface area contributed by atoms with Crippen molar-refractivity contribution in [2.75, 3.05) is 0 Å². The molecule has 0 fully saturated rings. The monoisotopic (exact) mass is 317 g/mol. The largest absolute Gasteiger partial charge is 0.379 e. The lowest BCUT2D eigenvalue weighted by Crippen LogP contribution is -2.10. The standard InChI is InChI=1S/C12H9Cl2NO3S/c1-8-6-9(2-4-11(8)13)18-19(16,17)10-3-5-12(14)15-7-10/h2-7H,1H3. The number of aryl methyl sites for hydroxylation is 1. The molecule has 0 atom stereocenters. The van der Waals surface area contributed by atoms with Crippen LogP contribution in [0.5, 0.6) is 5.75 Å². The van der Waals surface area contributed by atoms with Crippen molar-refractivity contribution in [3.8, 4) is 5.75 Å². The second-order valence-electron chi connectivity index (χ2n) is 3.77. The molecule has 19 heavy (non-hydrogen) atoms. The molecule has 0 aliphatic rings. The number of hydrogen-bond acceptors (Lipinski definition) is 4. The van der Waals surface area contributed by atoms with Crippen molar-refractivity contribution in [3.05, 3.63) is 52.3 Å². The second-order valence-corrected chi connectivity index (χ2v) is 6.11. The highest BCUT2D eigenvalue weighted by atomic mass is 35.5. The maximum Gasteiger partial charge on any atom is 0.340 e. The van der Waals surface area contributed by atoms with Crippen molar-refractivity contribution < 1.29 is 12.6 Å². The number of benzene rings is 1. The van der Waals surface area contributed by atoms with Gasteiger partial charge < -0.3 is 4.18 Å². The van der Waals surface area contributed by atoms with E-state index in [0.717, 1.165) is 11.8 Å². The number of aromatic nitrogens is 1. The number of rotatable bonds is 3. The summed E-state index contributed by atoms with van der Waals surface area (Å²) in [5.74, 6) is 0.192. The fraction of sp³-hybridized carbons (Fsp3) is 0.0833. The molecule has 0 amide bonds. The van der Waals surface area contributed by atoms with Crippen molar-refractivity contribution in [3.63, 3.8) is 0 Å². The second kappa shape index (κ2) is 5.36. The van der Waals surface area contributed by atoms with Crippen LogP contribution in [0.15, 0.2) is 41.4 Å². The fourth-order valence-electron chi connectivity index (χ4n) is 1.35. The molecule has 0 aliphatic heterocycles. The Morgan fingerprint density at radius 1 is 1.16 bits per heavy atom. The molecule has 1 heterocycles. The highest BCUT2D eigenvalue weighted by molar-refractivity contribution is 7.87. The van der Waals surface area contributed by atoms with Crippen LogP contribution in [-0.4, -0.2) is 13.4 Å². The summed E-state index contributed by atoms with van der Waals surface area (Å²) in [6, 6.07) is 7.31. The van der Waals surface area contributed by atoms with Crippen LogP contribution in [0, 0.1) is 6.92 Å². The molecule has 0 spiro atoms. The molecule has 0 saturated heterocycles. The minimum atomic E-state index is -3.92. The summed E-state index contributed by atoms with van der Waals surface area (Å²) in [4.78, 5) is 3.64. The molecule has 1 aromatic heterocycles. The summed E-state index contributed by atoms with van der Waals surface area (Å²) in [6.07, 6.45) is 1.14. The predicted octanol–water partition coefficient (Wildman–Crippen LogP) is 3.46. The lowest BCUT2D eigenvalue weighted by atomic mass is 10.2. The molecule has 2 rings (SSSR count). The van der Waals surface area contributed by atoms with Crippen LogP contribution in [0.1, 0.15) is 5.56 Å². The molecule has 2 aromatic rings. The first-order chi connectivity index (χ1) is 8.88. The van der Waals surface area contributed by atoms with Gasteiger partial charge in [-0.05, 0) is 42.8 Å². The van der Waals surface area contributed by atoms with Gasteiger partial charge in [0, 0.05) is 5.02 Å². The number of nitrogens with zero attached hydrogens (tertiary/aromatic N) is 1. The van der Waals surface area contributed by atoms with E-state index < -0.39 is 10.1 Å². The molecule has 1 aromatic carbocycles. The van der Waals surface area contributed by atoms with E-state index in [1.807, 2.05) is 0 Å². The van der Waals surface area contributed by atoms with Crippen LogP contribution in [0.2, 0.25) is 10.2 Å². The molecule has 0 unspecified atom stereocenters. The van der Waals surface area contributed by atoms with E-state index in [2.05, 4.69) is 4.98 Å². The van der Waals surface area contributed by atoms with Crippen molar-refractivity contribution in [2.24, 2.45) is 0 Å². The van der Waals surface area contributed by atoms with Gasteiger partial charge in [-0.25, -0.2) is 4.98 Å². The maximum absolute atomic E-state index is 12.0. The van der Waals surface area contributed by atoms with Gasteiger partial charge in [0.15, 0.2) is 0 Å². The minimum Gasteiger partial charge on any atom is -0.379 e. The highest BCUT2D eigenvalue weighted by Crippen LogP contribution is 2.24. The van der Waals surface area contributed by atoms with E-state index in [9.17, 15) is 8.42 Å². The van der Waals surface area contributed by atoms with E-state index in [-0.39, 0.29) is 15.8 Å². The van der Waals surface area contributed by atoms with Crippen LogP contribution in [0.3, 0.4) is 0 Å². The third kappa shape index (κ3) is 3.37. The number of hydrogen-bond donors (Lipinski definition) is 0. The smallest absolute Gasteiger partial charge is 0.340 e. The van der Waals surface area contributed by atoms with Gasteiger partial charge in [-0.1, -0.05) is 23.2 Å². The van der Waals surface area contributed by atoms with Crippen LogP contribution in [0.25, 0.3) is 0 Å². The topological polar surface area (TPSA) is 56.3 Å². The van der Waals surface area contributed by atoms with E-state index in [0.29, 0.717) is 5.02 Å². The first-order valence-corrected chi connectivity index (χ1v) is 7.37. The van der Waals surface area contributed by atoms with Gasteiger partial charge in [0.2, 0.25) is 0 Å². The van der Waals surface area contributed by atoms with Crippen molar-refractivity contribution >= 4 is 33.3 Å². The lowest BCUT2D eigenvalue weighted by Gasteiger charge is -2.08. The van der Waals surface area contributed by atoms with Gasteiger partial charge in [0.05, 0.1) is 6.20 Å². The molecule has 0 bridgehead atoms. The Labute approximate surface area is 121 Å². The third-order valence-corrected chi connectivity index (χ3v) is 4.20.